The Kier molecular flexibility index (Phi) is 5.17. The van der Waals surface area contributed by atoms with Crippen LogP contribution in [0.5, 0.6) is 0 Å². The lowest BCUT2D eigenvalue weighted by Gasteiger charge is -2.36. The Hall–Kier alpha value is -1.36. The third kappa shape index (κ3) is 3.20. The number of carbonyl (C=O) groups excluding carboxylic acids is 1. The van der Waals surface area contributed by atoms with Crippen LogP contribution in [0.1, 0.15) is 48.8 Å². The molecule has 112 valence electrons. The summed E-state index contributed by atoms with van der Waals surface area (Å²) in [5.41, 5.74) is 1.65. The molecule has 0 spiro atoms. The standard InChI is InChI=1S/C15H26N4O/c1-4-19-14(11-12(2)17-19)15(20)18-10-6-5-7-13(18)8-9-16-3/h11,13,16H,4-10H2,1-3H3. The maximum atomic E-state index is 12.8. The Balaban J connectivity index is 2.16. The zero-order chi connectivity index (χ0) is 14.5. The SMILES string of the molecule is CCn1nc(C)cc1C(=O)N1CCCCC1CCNC. The Bertz CT molecular complexity index is 455. The molecule has 0 radical (unpaired) electrons. The lowest BCUT2D eigenvalue weighted by Crippen LogP contribution is -2.45. The van der Waals surface area contributed by atoms with Crippen molar-refractivity contribution in [3.63, 3.8) is 0 Å². The quantitative estimate of drug-likeness (QED) is 0.894. The van der Waals surface area contributed by atoms with Gasteiger partial charge in [-0.25, -0.2) is 0 Å². The fourth-order valence-corrected chi connectivity index (χ4v) is 2.98. The van der Waals surface area contributed by atoms with E-state index in [1.807, 2.05) is 31.6 Å². The molecule has 1 atom stereocenters. The first-order chi connectivity index (χ1) is 9.67. The van der Waals surface area contributed by atoms with Gasteiger partial charge in [0.2, 0.25) is 0 Å². The molecule has 1 unspecified atom stereocenters. The van der Waals surface area contributed by atoms with E-state index in [1.54, 1.807) is 0 Å². The average molecular weight is 278 g/mol. The van der Waals surface area contributed by atoms with E-state index in [0.717, 1.165) is 50.3 Å². The Morgan fingerprint density at radius 2 is 2.30 bits per heavy atom. The highest BCUT2D eigenvalue weighted by Gasteiger charge is 2.28. The minimum absolute atomic E-state index is 0.147. The average Bonchev–Trinajstić information content (AvgIpc) is 2.85. The molecule has 1 N–H and O–H groups in total. The lowest BCUT2D eigenvalue weighted by atomic mass is 9.99. The molecule has 0 bridgehead atoms. The van der Waals surface area contributed by atoms with Crippen molar-refractivity contribution in [2.24, 2.45) is 0 Å². The number of piperidine rings is 1. The topological polar surface area (TPSA) is 50.2 Å². The predicted molar refractivity (Wildman–Crippen MR) is 79.9 cm³/mol. The number of carbonyl (C=O) groups is 1. The van der Waals surface area contributed by atoms with Gasteiger partial charge in [-0.05, 0) is 59.2 Å². The van der Waals surface area contributed by atoms with Crippen molar-refractivity contribution in [2.45, 2.75) is 52.1 Å². The molecule has 1 aromatic rings. The van der Waals surface area contributed by atoms with Crippen LogP contribution in [0.2, 0.25) is 0 Å². The summed E-state index contributed by atoms with van der Waals surface area (Å²) < 4.78 is 1.82. The number of amides is 1. The number of hydrogen-bond acceptors (Lipinski definition) is 3. The first-order valence-corrected chi connectivity index (χ1v) is 7.67. The van der Waals surface area contributed by atoms with Crippen LogP contribution in [-0.2, 0) is 6.54 Å². The smallest absolute Gasteiger partial charge is 0.272 e. The van der Waals surface area contributed by atoms with Gasteiger partial charge in [0.05, 0.1) is 5.69 Å². The van der Waals surface area contributed by atoms with Crippen LogP contribution in [0, 0.1) is 6.92 Å². The molecule has 1 fully saturated rings. The van der Waals surface area contributed by atoms with Gasteiger partial charge in [-0.2, -0.15) is 5.10 Å². The van der Waals surface area contributed by atoms with E-state index in [9.17, 15) is 4.79 Å². The van der Waals surface area contributed by atoms with E-state index in [-0.39, 0.29) is 5.91 Å². The largest absolute Gasteiger partial charge is 0.334 e. The molecule has 2 rings (SSSR count). The van der Waals surface area contributed by atoms with Crippen molar-refractivity contribution < 1.29 is 4.79 Å². The van der Waals surface area contributed by atoms with E-state index in [1.165, 1.54) is 6.42 Å². The molecule has 20 heavy (non-hydrogen) atoms. The normalized spacial score (nSPS) is 19.4. The van der Waals surface area contributed by atoms with Gasteiger partial charge in [0.1, 0.15) is 5.69 Å². The van der Waals surface area contributed by atoms with Gasteiger partial charge in [0.25, 0.3) is 5.91 Å². The van der Waals surface area contributed by atoms with Gasteiger partial charge in [-0.15, -0.1) is 0 Å². The first kappa shape index (κ1) is 15.0. The van der Waals surface area contributed by atoms with Crippen LogP contribution in [0.15, 0.2) is 6.07 Å². The molecule has 1 amide bonds. The zero-order valence-electron chi connectivity index (χ0n) is 12.9. The summed E-state index contributed by atoms with van der Waals surface area (Å²) in [6, 6.07) is 2.28. The van der Waals surface area contributed by atoms with Gasteiger partial charge in [0.15, 0.2) is 0 Å². The second kappa shape index (κ2) is 6.88. The Labute approximate surface area is 121 Å². The van der Waals surface area contributed by atoms with Crippen molar-refractivity contribution in [3.05, 3.63) is 17.5 Å². The highest BCUT2D eigenvalue weighted by molar-refractivity contribution is 5.93. The maximum Gasteiger partial charge on any atom is 0.272 e. The minimum Gasteiger partial charge on any atom is -0.334 e. The van der Waals surface area contributed by atoms with Crippen LogP contribution < -0.4 is 5.32 Å². The molecule has 0 aromatic carbocycles. The van der Waals surface area contributed by atoms with E-state index >= 15 is 0 Å². The van der Waals surface area contributed by atoms with E-state index in [0.29, 0.717) is 6.04 Å². The third-order valence-corrected chi connectivity index (χ3v) is 4.04. The summed E-state index contributed by atoms with van der Waals surface area (Å²) in [7, 11) is 1.96. The van der Waals surface area contributed by atoms with Gasteiger partial charge in [-0.1, -0.05) is 0 Å². The van der Waals surface area contributed by atoms with Crippen LogP contribution >= 0.6 is 0 Å². The molecular weight excluding hydrogens is 252 g/mol. The fraction of sp³-hybridized carbons (Fsp3) is 0.733. The summed E-state index contributed by atoms with van der Waals surface area (Å²) in [5.74, 6) is 0.147. The predicted octanol–water partition coefficient (Wildman–Crippen LogP) is 1.82. The number of aromatic nitrogens is 2. The van der Waals surface area contributed by atoms with E-state index in [2.05, 4.69) is 15.3 Å². The number of likely N-dealkylation sites (tertiary alicyclic amines) is 1. The molecule has 2 heterocycles. The summed E-state index contributed by atoms with van der Waals surface area (Å²) in [6.45, 7) is 6.54. The van der Waals surface area contributed by atoms with Crippen molar-refractivity contribution in [1.82, 2.24) is 20.0 Å². The molecule has 1 aliphatic heterocycles. The molecule has 0 aliphatic carbocycles. The monoisotopic (exact) mass is 278 g/mol. The molecule has 1 aromatic heterocycles. The van der Waals surface area contributed by atoms with Crippen LogP contribution in [-0.4, -0.2) is 46.8 Å². The molecule has 5 heteroatoms. The van der Waals surface area contributed by atoms with Crippen molar-refractivity contribution >= 4 is 5.91 Å². The first-order valence-electron chi connectivity index (χ1n) is 7.67. The number of hydrogen-bond donors (Lipinski definition) is 1. The van der Waals surface area contributed by atoms with Crippen LogP contribution in [0.4, 0.5) is 0 Å². The number of nitrogens with one attached hydrogen (secondary N) is 1. The Morgan fingerprint density at radius 1 is 1.50 bits per heavy atom. The van der Waals surface area contributed by atoms with E-state index < -0.39 is 0 Å². The van der Waals surface area contributed by atoms with Crippen LogP contribution in [0.25, 0.3) is 0 Å². The van der Waals surface area contributed by atoms with Crippen LogP contribution in [0.3, 0.4) is 0 Å². The number of aryl methyl sites for hydroxylation is 2. The molecular formula is C15H26N4O. The summed E-state index contributed by atoms with van der Waals surface area (Å²) in [6.07, 6.45) is 4.49. The molecule has 0 saturated carbocycles. The summed E-state index contributed by atoms with van der Waals surface area (Å²) >= 11 is 0. The fourth-order valence-electron chi connectivity index (χ4n) is 2.98. The Morgan fingerprint density at radius 3 is 3.00 bits per heavy atom. The second-order valence-electron chi connectivity index (χ2n) is 5.53. The lowest BCUT2D eigenvalue weighted by molar-refractivity contribution is 0.0590. The maximum absolute atomic E-state index is 12.8. The third-order valence-electron chi connectivity index (χ3n) is 4.04. The number of rotatable bonds is 5. The zero-order valence-corrected chi connectivity index (χ0v) is 12.9. The van der Waals surface area contributed by atoms with Gasteiger partial charge < -0.3 is 10.2 Å². The molecule has 1 aliphatic rings. The molecule has 1 saturated heterocycles. The summed E-state index contributed by atoms with van der Waals surface area (Å²) in [5, 5.41) is 7.57. The van der Waals surface area contributed by atoms with Crippen molar-refractivity contribution in [2.75, 3.05) is 20.1 Å². The number of nitrogens with zero attached hydrogens (tertiary/aromatic N) is 3. The molecule has 5 nitrogen and oxygen atoms in total. The highest BCUT2D eigenvalue weighted by Crippen LogP contribution is 2.22. The van der Waals surface area contributed by atoms with E-state index in [4.69, 9.17) is 0 Å². The second-order valence-corrected chi connectivity index (χ2v) is 5.53. The van der Waals surface area contributed by atoms with Crippen molar-refractivity contribution in [1.29, 1.82) is 0 Å². The van der Waals surface area contributed by atoms with Crippen molar-refractivity contribution in [3.8, 4) is 0 Å². The van der Waals surface area contributed by atoms with Gasteiger partial charge >= 0.3 is 0 Å². The minimum atomic E-state index is 0.147. The summed E-state index contributed by atoms with van der Waals surface area (Å²) in [4.78, 5) is 14.9. The van der Waals surface area contributed by atoms with Gasteiger partial charge in [0, 0.05) is 19.1 Å². The highest BCUT2D eigenvalue weighted by atomic mass is 16.2. The van der Waals surface area contributed by atoms with Gasteiger partial charge in [-0.3, -0.25) is 9.48 Å².